The number of carbonyl (C=O) groups is 1. The molecule has 2 aromatic heterocycles. The second-order valence-electron chi connectivity index (χ2n) is 9.07. The van der Waals surface area contributed by atoms with Gasteiger partial charge < -0.3 is 10.1 Å². The third-order valence-corrected chi connectivity index (χ3v) is 5.42. The van der Waals surface area contributed by atoms with Crippen molar-refractivity contribution in [3.63, 3.8) is 0 Å². The first-order chi connectivity index (χ1) is 17.2. The van der Waals surface area contributed by atoms with Gasteiger partial charge in [-0.2, -0.15) is 10.2 Å². The van der Waals surface area contributed by atoms with E-state index in [1.165, 1.54) is 34.9 Å². The maximum Gasteiger partial charge on any atom is 0.269 e. The van der Waals surface area contributed by atoms with E-state index in [2.05, 4.69) is 31.1 Å². The number of benzene rings is 2. The third-order valence-electron chi connectivity index (χ3n) is 5.42. The minimum atomic E-state index is -0.762. The Morgan fingerprint density at radius 3 is 2.42 bits per heavy atom. The summed E-state index contributed by atoms with van der Waals surface area (Å²) in [5, 5.41) is 12.2. The van der Waals surface area contributed by atoms with Gasteiger partial charge in [0.1, 0.15) is 34.4 Å². The number of ether oxygens (including phenoxy) is 1. The molecular weight excluding hydrogens is 459 g/mol. The molecule has 1 N–H and O–H groups in total. The van der Waals surface area contributed by atoms with E-state index in [1.54, 1.807) is 30.3 Å². The van der Waals surface area contributed by atoms with Crippen molar-refractivity contribution in [1.29, 1.82) is 5.26 Å². The molecule has 0 unspecified atom stereocenters. The van der Waals surface area contributed by atoms with E-state index in [-0.39, 0.29) is 22.4 Å². The van der Waals surface area contributed by atoms with Crippen LogP contribution in [0.2, 0.25) is 0 Å². The van der Waals surface area contributed by atoms with E-state index >= 15 is 0 Å². The number of hydrogen-bond donors (Lipinski definition) is 1. The number of rotatable bonds is 5. The first-order valence-corrected chi connectivity index (χ1v) is 11.1. The average Bonchev–Trinajstić information content (AvgIpc) is 2.85. The largest absolute Gasteiger partial charge is 0.438 e. The summed E-state index contributed by atoms with van der Waals surface area (Å²) in [4.78, 5) is 30.5. The molecule has 0 saturated carbocycles. The van der Waals surface area contributed by atoms with Gasteiger partial charge in [-0.25, -0.2) is 4.39 Å². The predicted molar refractivity (Wildman–Crippen MR) is 135 cm³/mol. The Kier molecular flexibility index (Phi) is 6.66. The average molecular weight is 483 g/mol. The van der Waals surface area contributed by atoms with E-state index in [4.69, 9.17) is 4.74 Å². The maximum atomic E-state index is 13.3. The summed E-state index contributed by atoms with van der Waals surface area (Å²) in [5.74, 6) is -0.824. The molecule has 4 aromatic rings. The number of fused-ring (bicyclic) bond motifs is 1. The van der Waals surface area contributed by atoms with Crippen LogP contribution in [0, 0.1) is 17.1 Å². The fourth-order valence-electron chi connectivity index (χ4n) is 3.44. The zero-order chi connectivity index (χ0) is 25.9. The lowest BCUT2D eigenvalue weighted by molar-refractivity contribution is -0.112. The molecule has 2 aromatic carbocycles. The first-order valence-electron chi connectivity index (χ1n) is 11.1. The number of hydrogen-bond acceptors (Lipinski definition) is 5. The number of aromatic nitrogens is 2. The van der Waals surface area contributed by atoms with Gasteiger partial charge in [-0.1, -0.05) is 39.0 Å². The van der Waals surface area contributed by atoms with Crippen molar-refractivity contribution in [2.24, 2.45) is 0 Å². The zero-order valence-corrected chi connectivity index (χ0v) is 19.9. The monoisotopic (exact) mass is 482 g/mol. The summed E-state index contributed by atoms with van der Waals surface area (Å²) in [6.45, 7) is 6.29. The van der Waals surface area contributed by atoms with Gasteiger partial charge in [0.2, 0.25) is 5.88 Å². The Labute approximate surface area is 207 Å². The van der Waals surface area contributed by atoms with E-state index < -0.39 is 17.3 Å². The quantitative estimate of drug-likeness (QED) is 0.301. The van der Waals surface area contributed by atoms with Crippen LogP contribution < -0.4 is 15.6 Å². The standard InChI is InChI=1S/C28H23FN4O3/c1-28(2,3)19-7-13-22(14-8-19)36-26-23(27(35)33-15-5-4-6-24(33)32-26)16-18(17-30)25(34)31-21-11-9-20(29)10-12-21/h4-16H,1-3H3,(H,31,34)/b18-16-. The van der Waals surface area contributed by atoms with Crippen LogP contribution in [0.3, 0.4) is 0 Å². The first kappa shape index (κ1) is 24.4. The van der Waals surface area contributed by atoms with Gasteiger partial charge in [0, 0.05) is 11.9 Å². The van der Waals surface area contributed by atoms with E-state index in [0.29, 0.717) is 17.1 Å². The van der Waals surface area contributed by atoms with Crippen molar-refractivity contribution in [2.75, 3.05) is 5.32 Å². The predicted octanol–water partition coefficient (Wildman–Crippen LogP) is 5.47. The summed E-state index contributed by atoms with van der Waals surface area (Å²) in [6.07, 6.45) is 2.68. The third kappa shape index (κ3) is 5.31. The molecule has 0 saturated heterocycles. The van der Waals surface area contributed by atoms with Crippen molar-refractivity contribution in [2.45, 2.75) is 26.2 Å². The summed E-state index contributed by atoms with van der Waals surface area (Å²) in [7, 11) is 0. The smallest absolute Gasteiger partial charge is 0.269 e. The summed E-state index contributed by atoms with van der Waals surface area (Å²) < 4.78 is 20.4. The van der Waals surface area contributed by atoms with E-state index in [9.17, 15) is 19.2 Å². The molecule has 7 nitrogen and oxygen atoms in total. The summed E-state index contributed by atoms with van der Waals surface area (Å²) in [5.41, 5.74) is 0.773. The van der Waals surface area contributed by atoms with Gasteiger partial charge in [0.25, 0.3) is 11.5 Å². The van der Waals surface area contributed by atoms with Crippen LogP contribution in [-0.4, -0.2) is 15.3 Å². The summed E-state index contributed by atoms with van der Waals surface area (Å²) in [6, 6.07) is 19.4. The van der Waals surface area contributed by atoms with Crippen LogP contribution in [0.25, 0.3) is 11.7 Å². The van der Waals surface area contributed by atoms with Crippen LogP contribution in [0.5, 0.6) is 11.6 Å². The molecule has 2 heterocycles. The highest BCUT2D eigenvalue weighted by atomic mass is 19.1. The van der Waals surface area contributed by atoms with E-state index in [0.717, 1.165) is 11.6 Å². The summed E-state index contributed by atoms with van der Waals surface area (Å²) >= 11 is 0. The number of halogens is 1. The second kappa shape index (κ2) is 9.84. The number of nitrogens with zero attached hydrogens (tertiary/aromatic N) is 3. The molecular formula is C28H23FN4O3. The number of carbonyl (C=O) groups excluding carboxylic acids is 1. The van der Waals surface area contributed by atoms with Gasteiger partial charge in [-0.05, 0) is 65.6 Å². The molecule has 4 rings (SSSR count). The zero-order valence-electron chi connectivity index (χ0n) is 19.9. The van der Waals surface area contributed by atoms with Crippen LogP contribution in [0.4, 0.5) is 10.1 Å². The molecule has 0 aliphatic carbocycles. The molecule has 0 bridgehead atoms. The molecule has 0 fully saturated rings. The number of anilines is 1. The van der Waals surface area contributed by atoms with Gasteiger partial charge in [-0.15, -0.1) is 0 Å². The normalized spacial score (nSPS) is 11.7. The van der Waals surface area contributed by atoms with E-state index in [1.807, 2.05) is 18.2 Å². The van der Waals surface area contributed by atoms with Gasteiger partial charge in [0.05, 0.1) is 0 Å². The van der Waals surface area contributed by atoms with Crippen molar-refractivity contribution >= 4 is 23.3 Å². The topological polar surface area (TPSA) is 96.5 Å². The molecule has 0 radical (unpaired) electrons. The number of amides is 1. The number of nitriles is 1. The molecule has 0 aliphatic rings. The highest BCUT2D eigenvalue weighted by Gasteiger charge is 2.18. The second-order valence-corrected chi connectivity index (χ2v) is 9.07. The fraction of sp³-hybridized carbons (Fsp3) is 0.143. The van der Waals surface area contributed by atoms with Gasteiger partial charge in [0.15, 0.2) is 0 Å². The Bertz CT molecular complexity index is 1560. The molecule has 180 valence electrons. The van der Waals surface area contributed by atoms with Crippen LogP contribution in [0.1, 0.15) is 31.9 Å². The molecule has 36 heavy (non-hydrogen) atoms. The lowest BCUT2D eigenvalue weighted by Crippen LogP contribution is -2.20. The number of nitrogens with one attached hydrogen (secondary N) is 1. The minimum absolute atomic E-state index is 0.0444. The van der Waals surface area contributed by atoms with Gasteiger partial charge >= 0.3 is 0 Å². The number of pyridine rings is 1. The fourth-order valence-corrected chi connectivity index (χ4v) is 3.44. The molecule has 0 aliphatic heterocycles. The Morgan fingerprint density at radius 2 is 1.78 bits per heavy atom. The molecule has 1 amide bonds. The molecule has 0 atom stereocenters. The van der Waals surface area contributed by atoms with Crippen molar-refractivity contribution in [3.8, 4) is 17.7 Å². The van der Waals surface area contributed by atoms with Crippen LogP contribution >= 0.6 is 0 Å². The van der Waals surface area contributed by atoms with Crippen molar-refractivity contribution in [3.05, 3.63) is 106 Å². The van der Waals surface area contributed by atoms with Crippen LogP contribution in [0.15, 0.2) is 83.3 Å². The Balaban J connectivity index is 1.76. The van der Waals surface area contributed by atoms with Gasteiger partial charge in [-0.3, -0.25) is 14.0 Å². The minimum Gasteiger partial charge on any atom is -0.438 e. The Hall–Kier alpha value is -4.77. The maximum absolute atomic E-state index is 13.3. The molecule has 8 heteroatoms. The van der Waals surface area contributed by atoms with Crippen molar-refractivity contribution in [1.82, 2.24) is 9.38 Å². The molecule has 0 spiro atoms. The lowest BCUT2D eigenvalue weighted by atomic mass is 9.87. The van der Waals surface area contributed by atoms with Crippen molar-refractivity contribution < 1.29 is 13.9 Å². The highest BCUT2D eigenvalue weighted by Crippen LogP contribution is 2.28. The van der Waals surface area contributed by atoms with Crippen LogP contribution in [-0.2, 0) is 10.2 Å². The Morgan fingerprint density at radius 1 is 1.08 bits per heavy atom. The SMILES string of the molecule is CC(C)(C)c1ccc(Oc2nc3ccccn3c(=O)c2/C=C(/C#N)C(=O)Nc2ccc(F)cc2)cc1. The highest BCUT2D eigenvalue weighted by molar-refractivity contribution is 6.09. The lowest BCUT2D eigenvalue weighted by Gasteiger charge is -2.19.